The zero-order valence-corrected chi connectivity index (χ0v) is 15.5. The van der Waals surface area contributed by atoms with Gasteiger partial charge in [0.05, 0.1) is 33.4 Å². The van der Waals surface area contributed by atoms with E-state index in [1.54, 1.807) is 11.9 Å². The first kappa shape index (κ1) is 19.9. The smallest absolute Gasteiger partial charge is 0.277 e. The summed E-state index contributed by atoms with van der Waals surface area (Å²) in [6.45, 7) is 1.21. The van der Waals surface area contributed by atoms with Crippen LogP contribution < -0.4 is 5.32 Å². The van der Waals surface area contributed by atoms with Gasteiger partial charge in [0.1, 0.15) is 5.69 Å². The van der Waals surface area contributed by atoms with Crippen molar-refractivity contribution in [3.8, 4) is 0 Å². The molecule has 0 spiro atoms. The molecule has 0 aliphatic carbocycles. The SMILES string of the molecule is Cn1ncc(NC(=O)c2cc([N+](=O)[O-])cc([N+](=O)[O-])c2)c1C(=O)N1CCCCC1. The predicted octanol–water partition coefficient (Wildman–Crippen LogP) is 2.11. The Balaban J connectivity index is 1.89. The molecule has 12 nitrogen and oxygen atoms in total. The van der Waals surface area contributed by atoms with Gasteiger partial charge in [-0.15, -0.1) is 0 Å². The van der Waals surface area contributed by atoms with Gasteiger partial charge in [-0.3, -0.25) is 34.5 Å². The number of rotatable bonds is 5. The number of piperidine rings is 1. The van der Waals surface area contributed by atoms with E-state index in [4.69, 9.17) is 0 Å². The van der Waals surface area contributed by atoms with Crippen molar-refractivity contribution in [3.05, 3.63) is 55.9 Å². The molecule has 1 aromatic carbocycles. The van der Waals surface area contributed by atoms with Gasteiger partial charge in [0.25, 0.3) is 23.2 Å². The van der Waals surface area contributed by atoms with E-state index in [2.05, 4.69) is 10.4 Å². The van der Waals surface area contributed by atoms with Crippen molar-refractivity contribution in [2.45, 2.75) is 19.3 Å². The number of nitro benzene ring substituents is 2. The van der Waals surface area contributed by atoms with Gasteiger partial charge in [0, 0.05) is 32.3 Å². The number of anilines is 1. The van der Waals surface area contributed by atoms with Crippen LogP contribution in [0.1, 0.15) is 40.1 Å². The van der Waals surface area contributed by atoms with Gasteiger partial charge in [0.2, 0.25) is 0 Å². The lowest BCUT2D eigenvalue weighted by Crippen LogP contribution is -2.37. The molecule has 1 saturated heterocycles. The summed E-state index contributed by atoms with van der Waals surface area (Å²) in [7, 11) is 1.56. The summed E-state index contributed by atoms with van der Waals surface area (Å²) >= 11 is 0. The summed E-state index contributed by atoms with van der Waals surface area (Å²) in [4.78, 5) is 47.5. The highest BCUT2D eigenvalue weighted by Gasteiger charge is 2.26. The van der Waals surface area contributed by atoms with Gasteiger partial charge in [-0.1, -0.05) is 0 Å². The average Bonchev–Trinajstić information content (AvgIpc) is 3.07. The fourth-order valence-electron chi connectivity index (χ4n) is 3.16. The highest BCUT2D eigenvalue weighted by atomic mass is 16.6. The van der Waals surface area contributed by atoms with E-state index in [0.717, 1.165) is 37.5 Å². The third-order valence-corrected chi connectivity index (χ3v) is 4.62. The van der Waals surface area contributed by atoms with E-state index in [9.17, 15) is 29.8 Å². The molecule has 3 rings (SSSR count). The summed E-state index contributed by atoms with van der Waals surface area (Å²) < 4.78 is 1.34. The molecule has 2 aromatic rings. The van der Waals surface area contributed by atoms with Crippen LogP contribution in [0, 0.1) is 20.2 Å². The lowest BCUT2D eigenvalue weighted by Gasteiger charge is -2.27. The number of hydrogen-bond acceptors (Lipinski definition) is 7. The van der Waals surface area contributed by atoms with Crippen LogP contribution in [0.15, 0.2) is 24.4 Å². The highest BCUT2D eigenvalue weighted by molar-refractivity contribution is 6.08. The van der Waals surface area contributed by atoms with Crippen LogP contribution in [0.25, 0.3) is 0 Å². The molecule has 1 aliphatic heterocycles. The molecule has 29 heavy (non-hydrogen) atoms. The summed E-state index contributed by atoms with van der Waals surface area (Å²) in [5, 5.41) is 28.5. The van der Waals surface area contributed by atoms with Crippen molar-refractivity contribution >= 4 is 28.9 Å². The molecule has 1 fully saturated rings. The van der Waals surface area contributed by atoms with Crippen LogP contribution in [-0.2, 0) is 7.05 Å². The van der Waals surface area contributed by atoms with Crippen molar-refractivity contribution in [2.75, 3.05) is 18.4 Å². The molecule has 2 heterocycles. The Morgan fingerprint density at radius 2 is 1.62 bits per heavy atom. The normalized spacial score (nSPS) is 13.8. The minimum atomic E-state index is -0.822. The first-order valence-electron chi connectivity index (χ1n) is 8.84. The molecule has 12 heteroatoms. The van der Waals surface area contributed by atoms with Crippen molar-refractivity contribution in [1.82, 2.24) is 14.7 Å². The van der Waals surface area contributed by atoms with Crippen molar-refractivity contribution in [3.63, 3.8) is 0 Å². The molecule has 0 unspecified atom stereocenters. The summed E-state index contributed by atoms with van der Waals surface area (Å²) in [5.41, 5.74) is -1.14. The van der Waals surface area contributed by atoms with Crippen LogP contribution in [0.5, 0.6) is 0 Å². The van der Waals surface area contributed by atoms with E-state index in [1.807, 2.05) is 0 Å². The highest BCUT2D eigenvalue weighted by Crippen LogP contribution is 2.25. The number of aromatic nitrogens is 2. The molecule has 1 aliphatic rings. The van der Waals surface area contributed by atoms with Crippen molar-refractivity contribution in [1.29, 1.82) is 0 Å². The molecule has 0 radical (unpaired) electrons. The Bertz CT molecular complexity index is 962. The number of nitrogens with one attached hydrogen (secondary N) is 1. The number of nitrogens with zero attached hydrogens (tertiary/aromatic N) is 5. The quantitative estimate of drug-likeness (QED) is 0.593. The van der Waals surface area contributed by atoms with Gasteiger partial charge in [0.15, 0.2) is 0 Å². The monoisotopic (exact) mass is 402 g/mol. The zero-order chi connectivity index (χ0) is 21.1. The minimum absolute atomic E-state index is 0.127. The molecule has 0 bridgehead atoms. The number of aryl methyl sites for hydroxylation is 1. The maximum Gasteiger partial charge on any atom is 0.277 e. The fraction of sp³-hybridized carbons (Fsp3) is 0.353. The van der Waals surface area contributed by atoms with Crippen LogP contribution in [-0.4, -0.2) is 49.4 Å². The number of benzene rings is 1. The average molecular weight is 402 g/mol. The predicted molar refractivity (Wildman–Crippen MR) is 101 cm³/mol. The van der Waals surface area contributed by atoms with Crippen LogP contribution in [0.4, 0.5) is 17.1 Å². The maximum absolute atomic E-state index is 12.8. The molecule has 1 N–H and O–H groups in total. The topological polar surface area (TPSA) is 154 Å². The number of nitro groups is 2. The first-order valence-corrected chi connectivity index (χ1v) is 8.84. The lowest BCUT2D eigenvalue weighted by molar-refractivity contribution is -0.394. The van der Waals surface area contributed by atoms with Crippen molar-refractivity contribution in [2.24, 2.45) is 7.05 Å². The molecule has 0 saturated carbocycles. The van der Waals surface area contributed by atoms with Crippen molar-refractivity contribution < 1.29 is 19.4 Å². The van der Waals surface area contributed by atoms with E-state index >= 15 is 0 Å². The number of hydrogen-bond donors (Lipinski definition) is 1. The Kier molecular flexibility index (Phi) is 5.52. The van der Waals surface area contributed by atoms with E-state index in [1.165, 1.54) is 10.9 Å². The zero-order valence-electron chi connectivity index (χ0n) is 15.5. The number of amides is 2. The van der Waals surface area contributed by atoms with Gasteiger partial charge in [-0.2, -0.15) is 5.10 Å². The van der Waals surface area contributed by atoms with E-state index in [0.29, 0.717) is 13.1 Å². The molecule has 2 amide bonds. The van der Waals surface area contributed by atoms with Gasteiger partial charge >= 0.3 is 0 Å². The second kappa shape index (κ2) is 8.04. The molecule has 152 valence electrons. The number of carbonyl (C=O) groups is 2. The first-order chi connectivity index (χ1) is 13.8. The third-order valence-electron chi connectivity index (χ3n) is 4.62. The molecule has 1 aromatic heterocycles. The number of likely N-dealkylation sites (tertiary alicyclic amines) is 1. The standard InChI is InChI=1S/C17H18N6O6/c1-20-15(17(25)21-5-3-2-4-6-21)14(10-18-20)19-16(24)11-7-12(22(26)27)9-13(8-11)23(28)29/h7-10H,2-6H2,1H3,(H,19,24). The van der Waals surface area contributed by atoms with Gasteiger partial charge in [-0.05, 0) is 19.3 Å². The second-order valence-electron chi connectivity index (χ2n) is 6.59. The van der Waals surface area contributed by atoms with E-state index < -0.39 is 27.1 Å². The largest absolute Gasteiger partial charge is 0.337 e. The molecule has 0 atom stereocenters. The Morgan fingerprint density at radius 3 is 2.17 bits per heavy atom. The van der Waals surface area contributed by atoms with Crippen LogP contribution in [0.2, 0.25) is 0 Å². The summed E-state index contributed by atoms with van der Waals surface area (Å²) in [5.74, 6) is -1.11. The number of non-ortho nitro benzene ring substituents is 2. The van der Waals surface area contributed by atoms with Crippen LogP contribution >= 0.6 is 0 Å². The summed E-state index contributed by atoms with van der Waals surface area (Å²) in [6, 6.07) is 2.64. The number of carbonyl (C=O) groups excluding carboxylic acids is 2. The minimum Gasteiger partial charge on any atom is -0.337 e. The van der Waals surface area contributed by atoms with Gasteiger partial charge < -0.3 is 10.2 Å². The van der Waals surface area contributed by atoms with Gasteiger partial charge in [-0.25, -0.2) is 0 Å². The van der Waals surface area contributed by atoms with E-state index in [-0.39, 0.29) is 22.9 Å². The third kappa shape index (κ3) is 4.20. The fourth-order valence-corrected chi connectivity index (χ4v) is 3.16. The summed E-state index contributed by atoms with van der Waals surface area (Å²) in [6.07, 6.45) is 4.12. The lowest BCUT2D eigenvalue weighted by atomic mass is 10.1. The Labute approximate surface area is 164 Å². The molecular weight excluding hydrogens is 384 g/mol. The molecular formula is C17H18N6O6. The second-order valence-corrected chi connectivity index (χ2v) is 6.59. The Hall–Kier alpha value is -3.83. The van der Waals surface area contributed by atoms with Crippen LogP contribution in [0.3, 0.4) is 0 Å². The Morgan fingerprint density at radius 1 is 1.03 bits per heavy atom. The maximum atomic E-state index is 12.8.